The molecule has 0 aliphatic carbocycles. The lowest BCUT2D eigenvalue weighted by Crippen LogP contribution is -2.20. The van der Waals surface area contributed by atoms with Crippen molar-refractivity contribution in [3.63, 3.8) is 0 Å². The minimum absolute atomic E-state index is 0.0421. The zero-order valence-electron chi connectivity index (χ0n) is 20.8. The van der Waals surface area contributed by atoms with Crippen LogP contribution in [0.4, 0.5) is 0 Å². The number of methoxy groups -OCH3 is 2. The van der Waals surface area contributed by atoms with Crippen LogP contribution in [0.2, 0.25) is 0 Å². The van der Waals surface area contributed by atoms with E-state index in [1.165, 1.54) is 4.68 Å². The second kappa shape index (κ2) is 12.6. The highest BCUT2D eigenvalue weighted by molar-refractivity contribution is 7.91. The minimum Gasteiger partial charge on any atom is -0.493 e. The maximum absolute atomic E-state index is 13.2. The van der Waals surface area contributed by atoms with Crippen LogP contribution in [-0.2, 0) is 21.0 Å². The van der Waals surface area contributed by atoms with E-state index in [-0.39, 0.29) is 22.7 Å². The van der Waals surface area contributed by atoms with E-state index in [9.17, 15) is 8.42 Å². The summed E-state index contributed by atoms with van der Waals surface area (Å²) in [6, 6.07) is 14.9. The molecule has 35 heavy (non-hydrogen) atoms. The Kier molecular flexibility index (Phi) is 9.62. The molecule has 0 saturated carbocycles. The van der Waals surface area contributed by atoms with Gasteiger partial charge in [-0.25, -0.2) is 8.42 Å². The molecule has 10 heteroatoms. The van der Waals surface area contributed by atoms with Gasteiger partial charge in [-0.3, -0.25) is 0 Å². The molecule has 0 spiro atoms. The normalized spacial score (nSPS) is 12.6. The van der Waals surface area contributed by atoms with Crippen molar-refractivity contribution in [2.45, 2.75) is 38.3 Å². The lowest BCUT2D eigenvalue weighted by Gasteiger charge is -2.21. The van der Waals surface area contributed by atoms with Crippen LogP contribution in [0.5, 0.6) is 11.5 Å². The van der Waals surface area contributed by atoms with E-state index in [0.717, 1.165) is 18.4 Å². The molecule has 0 saturated heterocycles. The Morgan fingerprint density at radius 3 is 2.46 bits per heavy atom. The molecule has 9 nitrogen and oxygen atoms in total. The Morgan fingerprint density at radius 1 is 1.00 bits per heavy atom. The number of rotatable bonds is 14. The molecule has 1 atom stereocenters. The molecule has 3 rings (SSSR count). The van der Waals surface area contributed by atoms with E-state index in [2.05, 4.69) is 29.4 Å². The third kappa shape index (κ3) is 7.25. The minimum atomic E-state index is -3.68. The molecular weight excluding hydrogens is 468 g/mol. The molecule has 0 aliphatic rings. The molecule has 0 fully saturated rings. The number of aromatic nitrogens is 4. The van der Waals surface area contributed by atoms with E-state index in [1.54, 1.807) is 26.4 Å². The number of hydrogen-bond donors (Lipinski definition) is 0. The summed E-state index contributed by atoms with van der Waals surface area (Å²) in [6.45, 7) is 5.36. The number of para-hydroxylation sites is 1. The smallest absolute Gasteiger partial charge is 0.272 e. The highest BCUT2D eigenvalue weighted by Gasteiger charge is 2.26. The first kappa shape index (κ1) is 26.6. The van der Waals surface area contributed by atoms with Crippen molar-refractivity contribution in [1.29, 1.82) is 0 Å². The standard InChI is InChI=1S/C25H34N4O5S/c1-19(2)21(17-20-11-12-23(33-4)24(18-20)34-15-8-14-32-3)13-16-35(30,31)25-26-27-28-29(25)22-9-6-5-7-10-22/h5-7,9-12,18-19,21H,8,13-17H2,1-4H3/t21-/m1/s1. The SMILES string of the molecule is COCCCOc1cc(C[C@@H](CCS(=O)(=O)c2nnnn2-c2ccccc2)C(C)C)ccc1OC. The molecule has 2 aromatic carbocycles. The van der Waals surface area contributed by atoms with E-state index < -0.39 is 9.84 Å². The first-order valence-corrected chi connectivity index (χ1v) is 13.4. The Labute approximate surface area is 207 Å². The van der Waals surface area contributed by atoms with Crippen molar-refractivity contribution >= 4 is 9.84 Å². The van der Waals surface area contributed by atoms with Gasteiger partial charge < -0.3 is 14.2 Å². The van der Waals surface area contributed by atoms with E-state index in [4.69, 9.17) is 14.2 Å². The Bertz CT molecular complexity index is 1170. The van der Waals surface area contributed by atoms with Crippen LogP contribution in [0.1, 0.15) is 32.3 Å². The number of ether oxygens (including phenoxy) is 3. The number of benzene rings is 2. The highest BCUT2D eigenvalue weighted by Crippen LogP contribution is 2.31. The zero-order valence-corrected chi connectivity index (χ0v) is 21.6. The van der Waals surface area contributed by atoms with Crippen molar-refractivity contribution in [1.82, 2.24) is 20.2 Å². The van der Waals surface area contributed by atoms with Crippen LogP contribution in [0, 0.1) is 11.8 Å². The third-order valence-electron chi connectivity index (χ3n) is 5.90. The van der Waals surface area contributed by atoms with Gasteiger partial charge in [-0.1, -0.05) is 43.2 Å². The molecule has 0 radical (unpaired) electrons. The van der Waals surface area contributed by atoms with Crippen LogP contribution in [0.3, 0.4) is 0 Å². The van der Waals surface area contributed by atoms with E-state index in [1.807, 2.05) is 36.4 Å². The van der Waals surface area contributed by atoms with Gasteiger partial charge in [-0.15, -0.1) is 0 Å². The number of nitrogens with zero attached hydrogens (tertiary/aromatic N) is 4. The van der Waals surface area contributed by atoms with Crippen molar-refractivity contribution in [3.8, 4) is 17.2 Å². The largest absolute Gasteiger partial charge is 0.493 e. The van der Waals surface area contributed by atoms with Gasteiger partial charge in [0.25, 0.3) is 5.16 Å². The van der Waals surface area contributed by atoms with Crippen molar-refractivity contribution in [2.24, 2.45) is 11.8 Å². The summed E-state index contributed by atoms with van der Waals surface area (Å²) in [4.78, 5) is 0. The molecule has 3 aromatic rings. The molecule has 1 aromatic heterocycles. The van der Waals surface area contributed by atoms with Gasteiger partial charge in [0.05, 0.1) is 25.2 Å². The van der Waals surface area contributed by atoms with Crippen LogP contribution in [-0.4, -0.2) is 61.8 Å². The molecule has 0 amide bonds. The molecule has 1 heterocycles. The quantitative estimate of drug-likeness (QED) is 0.307. The molecule has 190 valence electrons. The zero-order chi connectivity index (χ0) is 25.3. The first-order valence-electron chi connectivity index (χ1n) is 11.7. The second-order valence-electron chi connectivity index (χ2n) is 8.70. The van der Waals surface area contributed by atoms with Gasteiger partial charge in [0, 0.05) is 20.1 Å². The monoisotopic (exact) mass is 502 g/mol. The molecule has 0 unspecified atom stereocenters. The van der Waals surface area contributed by atoms with Crippen LogP contribution in [0.15, 0.2) is 53.7 Å². The summed E-state index contributed by atoms with van der Waals surface area (Å²) in [6.07, 6.45) is 1.98. The first-order chi connectivity index (χ1) is 16.9. The van der Waals surface area contributed by atoms with Gasteiger partial charge >= 0.3 is 0 Å². The maximum atomic E-state index is 13.2. The molecule has 0 N–H and O–H groups in total. The van der Waals surface area contributed by atoms with Crippen LogP contribution < -0.4 is 9.47 Å². The van der Waals surface area contributed by atoms with E-state index in [0.29, 0.717) is 36.8 Å². The predicted octanol–water partition coefficient (Wildman–Crippen LogP) is 3.76. The third-order valence-corrected chi connectivity index (χ3v) is 7.48. The van der Waals surface area contributed by atoms with Gasteiger partial charge in [0.1, 0.15) is 0 Å². The lowest BCUT2D eigenvalue weighted by molar-refractivity contribution is 0.170. The Hall–Kier alpha value is -2.98. The summed E-state index contributed by atoms with van der Waals surface area (Å²) >= 11 is 0. The number of sulfone groups is 1. The molecular formula is C25H34N4O5S. The average molecular weight is 503 g/mol. The van der Waals surface area contributed by atoms with Gasteiger partial charge in [-0.2, -0.15) is 4.68 Å². The summed E-state index contributed by atoms with van der Waals surface area (Å²) in [5, 5.41) is 11.2. The summed E-state index contributed by atoms with van der Waals surface area (Å²) in [7, 11) is -0.407. The molecule has 0 bridgehead atoms. The fraction of sp³-hybridized carbons (Fsp3) is 0.480. The van der Waals surface area contributed by atoms with Crippen molar-refractivity contribution < 1.29 is 22.6 Å². The van der Waals surface area contributed by atoms with Gasteiger partial charge in [0.15, 0.2) is 11.5 Å². The van der Waals surface area contributed by atoms with Crippen LogP contribution in [0.25, 0.3) is 5.69 Å². The fourth-order valence-corrected chi connectivity index (χ4v) is 5.18. The summed E-state index contributed by atoms with van der Waals surface area (Å²) in [5.74, 6) is 1.73. The van der Waals surface area contributed by atoms with Crippen molar-refractivity contribution in [2.75, 3.05) is 33.2 Å². The predicted molar refractivity (Wildman–Crippen MR) is 133 cm³/mol. The summed E-state index contributed by atoms with van der Waals surface area (Å²) < 4.78 is 44.0. The topological polar surface area (TPSA) is 105 Å². The van der Waals surface area contributed by atoms with E-state index >= 15 is 0 Å². The Morgan fingerprint density at radius 2 is 1.77 bits per heavy atom. The fourth-order valence-electron chi connectivity index (χ4n) is 3.82. The molecule has 0 aliphatic heterocycles. The number of hydrogen-bond acceptors (Lipinski definition) is 8. The Balaban J connectivity index is 1.71. The van der Waals surface area contributed by atoms with Crippen molar-refractivity contribution in [3.05, 3.63) is 54.1 Å². The van der Waals surface area contributed by atoms with Crippen LogP contribution >= 0.6 is 0 Å². The van der Waals surface area contributed by atoms with Gasteiger partial charge in [0.2, 0.25) is 9.84 Å². The maximum Gasteiger partial charge on any atom is 0.272 e. The average Bonchev–Trinajstić information content (AvgIpc) is 3.36. The second-order valence-corrected chi connectivity index (χ2v) is 10.7. The summed E-state index contributed by atoms with van der Waals surface area (Å²) in [5.41, 5.74) is 1.67. The van der Waals surface area contributed by atoms with Gasteiger partial charge in [-0.05, 0) is 64.9 Å². The highest BCUT2D eigenvalue weighted by atomic mass is 32.2. The lowest BCUT2D eigenvalue weighted by atomic mass is 9.87. The number of tetrazole rings is 1.